The number of hydrogen-bond acceptors (Lipinski definition) is 9. The Balaban J connectivity index is 1.26. The van der Waals surface area contributed by atoms with Gasteiger partial charge in [0.1, 0.15) is 34.8 Å². The van der Waals surface area contributed by atoms with E-state index in [1.807, 2.05) is 13.8 Å². The summed E-state index contributed by atoms with van der Waals surface area (Å²) in [6.45, 7) is 5.44. The number of primary amides is 1. The summed E-state index contributed by atoms with van der Waals surface area (Å²) in [6.07, 6.45) is 6.81. The van der Waals surface area contributed by atoms with Crippen LogP contribution in [0, 0.1) is 5.92 Å². The van der Waals surface area contributed by atoms with E-state index in [1.165, 1.54) is 12.3 Å². The minimum Gasteiger partial charge on any atom is -0.489 e. The second-order valence-corrected chi connectivity index (χ2v) is 14.7. The predicted octanol–water partition coefficient (Wildman–Crippen LogP) is 5.09. The summed E-state index contributed by atoms with van der Waals surface area (Å²) >= 11 is 6.89. The van der Waals surface area contributed by atoms with Crippen LogP contribution in [0.15, 0.2) is 35.5 Å². The molecular formula is C36H40ClFN6O5. The fraction of sp³-hybridized carbons (Fsp3) is 0.472. The molecule has 258 valence electrons. The largest absolute Gasteiger partial charge is 0.489 e. The average Bonchev–Trinajstić information content (AvgIpc) is 3.96. The number of pyridine rings is 2. The number of ether oxygens (including phenoxy) is 2. The number of nitrogens with two attached hydrogens (primary N) is 2. The maximum Gasteiger partial charge on any atom is 0.251 e. The first-order valence-corrected chi connectivity index (χ1v) is 17.1. The Morgan fingerprint density at radius 2 is 2.00 bits per heavy atom. The van der Waals surface area contributed by atoms with Crippen molar-refractivity contribution < 1.29 is 28.6 Å². The molecule has 0 radical (unpaired) electrons. The minimum atomic E-state index is -1.63. The molecule has 2 amide bonds. The topological polar surface area (TPSA) is 175 Å². The van der Waals surface area contributed by atoms with Crippen molar-refractivity contribution in [1.29, 1.82) is 0 Å². The molecule has 3 saturated carbocycles. The van der Waals surface area contributed by atoms with Crippen molar-refractivity contribution >= 4 is 35.3 Å². The summed E-state index contributed by atoms with van der Waals surface area (Å²) in [5.74, 6) is -2.22. The number of rotatable bonds is 12. The van der Waals surface area contributed by atoms with Gasteiger partial charge in [0.2, 0.25) is 5.91 Å². The lowest BCUT2D eigenvalue weighted by Gasteiger charge is -2.30. The van der Waals surface area contributed by atoms with Gasteiger partial charge in [0.05, 0.1) is 34.7 Å². The zero-order valence-electron chi connectivity index (χ0n) is 27.7. The number of aliphatic hydroxyl groups is 1. The third kappa shape index (κ3) is 6.20. The zero-order valence-corrected chi connectivity index (χ0v) is 28.4. The van der Waals surface area contributed by atoms with Gasteiger partial charge in [0, 0.05) is 47.5 Å². The highest BCUT2D eigenvalue weighted by Gasteiger charge is 2.50. The zero-order chi connectivity index (χ0) is 34.9. The molecule has 0 saturated heterocycles. The van der Waals surface area contributed by atoms with Crippen molar-refractivity contribution in [1.82, 2.24) is 15.3 Å². The molecule has 3 heterocycles. The Bertz CT molecular complexity index is 1890. The summed E-state index contributed by atoms with van der Waals surface area (Å²) < 4.78 is 26.4. The third-order valence-electron chi connectivity index (χ3n) is 9.90. The Morgan fingerprint density at radius 3 is 2.63 bits per heavy atom. The van der Waals surface area contributed by atoms with E-state index < -0.39 is 28.6 Å². The highest BCUT2D eigenvalue weighted by Crippen LogP contribution is 2.51. The molecule has 11 nitrogen and oxygen atoms in total. The SMILES string of the molecule is CC(C)c1nccc(-c2nc([C@@](O)(CNC(=O)c3cc(/C=N/C4(F)CC4)c(N)c(OC4CC4)c3)C3CC3)cc3c2OC[C@]3(C)C(N)=O)c1Cl. The van der Waals surface area contributed by atoms with Crippen LogP contribution in [0.25, 0.3) is 11.3 Å². The fourth-order valence-corrected chi connectivity index (χ4v) is 6.55. The van der Waals surface area contributed by atoms with E-state index in [4.69, 9.17) is 37.5 Å². The van der Waals surface area contributed by atoms with E-state index in [9.17, 15) is 19.1 Å². The van der Waals surface area contributed by atoms with Gasteiger partial charge in [-0.1, -0.05) is 25.4 Å². The molecule has 6 N–H and O–H groups in total. The van der Waals surface area contributed by atoms with Crippen molar-refractivity contribution in [2.75, 3.05) is 18.9 Å². The molecule has 3 aromatic rings. The number of anilines is 1. The number of nitrogens with zero attached hydrogens (tertiary/aromatic N) is 3. The molecule has 0 unspecified atom stereocenters. The van der Waals surface area contributed by atoms with Crippen molar-refractivity contribution in [3.05, 3.63) is 63.6 Å². The molecule has 0 spiro atoms. The summed E-state index contributed by atoms with van der Waals surface area (Å²) in [5.41, 5.74) is 12.6. The van der Waals surface area contributed by atoms with Crippen LogP contribution in [0.1, 0.15) is 98.1 Å². The number of aromatic nitrogens is 2. The van der Waals surface area contributed by atoms with Gasteiger partial charge in [0.25, 0.3) is 5.91 Å². The van der Waals surface area contributed by atoms with Gasteiger partial charge < -0.3 is 31.4 Å². The van der Waals surface area contributed by atoms with Gasteiger partial charge in [-0.05, 0) is 68.7 Å². The van der Waals surface area contributed by atoms with E-state index in [-0.39, 0.29) is 48.0 Å². The second kappa shape index (κ2) is 11.9. The van der Waals surface area contributed by atoms with Crippen LogP contribution in [0.3, 0.4) is 0 Å². The monoisotopic (exact) mass is 690 g/mol. The number of fused-ring (bicyclic) bond motifs is 1. The average molecular weight is 691 g/mol. The molecule has 0 bridgehead atoms. The van der Waals surface area contributed by atoms with Crippen LogP contribution in [0.4, 0.5) is 10.1 Å². The van der Waals surface area contributed by atoms with Crippen LogP contribution in [-0.4, -0.2) is 58.2 Å². The molecule has 3 aliphatic carbocycles. The first-order chi connectivity index (χ1) is 23.2. The molecule has 3 fully saturated rings. The second-order valence-electron chi connectivity index (χ2n) is 14.3. The van der Waals surface area contributed by atoms with E-state index in [0.29, 0.717) is 70.3 Å². The van der Waals surface area contributed by atoms with Crippen molar-refractivity contribution in [3.8, 4) is 22.8 Å². The van der Waals surface area contributed by atoms with Crippen LogP contribution in [0.5, 0.6) is 11.5 Å². The van der Waals surface area contributed by atoms with Gasteiger partial charge in [-0.25, -0.2) is 9.37 Å². The first kappa shape index (κ1) is 33.2. The highest BCUT2D eigenvalue weighted by molar-refractivity contribution is 6.34. The number of carbonyl (C=O) groups excluding carboxylic acids is 2. The molecule has 2 atom stereocenters. The highest BCUT2D eigenvalue weighted by atomic mass is 35.5. The van der Waals surface area contributed by atoms with E-state index in [1.54, 1.807) is 31.3 Å². The lowest BCUT2D eigenvalue weighted by atomic mass is 9.81. The van der Waals surface area contributed by atoms with E-state index >= 15 is 0 Å². The number of amides is 2. The number of halogens is 2. The number of aliphatic imine (C=N–C) groups is 1. The fourth-order valence-electron chi connectivity index (χ4n) is 6.13. The van der Waals surface area contributed by atoms with Crippen molar-refractivity contribution in [2.45, 2.75) is 88.1 Å². The van der Waals surface area contributed by atoms with Crippen molar-refractivity contribution in [3.63, 3.8) is 0 Å². The van der Waals surface area contributed by atoms with Crippen molar-refractivity contribution in [2.24, 2.45) is 16.6 Å². The Morgan fingerprint density at radius 1 is 1.27 bits per heavy atom. The summed E-state index contributed by atoms with van der Waals surface area (Å²) in [7, 11) is 0. The number of nitrogens with one attached hydrogen (secondary N) is 1. The Hall–Kier alpha value is -4.29. The van der Waals surface area contributed by atoms with Gasteiger partial charge in [-0.2, -0.15) is 0 Å². The molecule has 49 heavy (non-hydrogen) atoms. The van der Waals surface area contributed by atoms with Gasteiger partial charge in [0.15, 0.2) is 5.79 Å². The lowest BCUT2D eigenvalue weighted by molar-refractivity contribution is -0.123. The number of nitrogen functional groups attached to an aromatic ring is 1. The predicted molar refractivity (Wildman–Crippen MR) is 183 cm³/mol. The summed E-state index contributed by atoms with van der Waals surface area (Å²) in [4.78, 5) is 40.0. The van der Waals surface area contributed by atoms with E-state index in [0.717, 1.165) is 12.8 Å². The number of carbonyl (C=O) groups is 2. The normalized spacial score (nSPS) is 22.0. The van der Waals surface area contributed by atoms with Crippen LogP contribution in [-0.2, 0) is 15.8 Å². The molecule has 2 aromatic heterocycles. The quantitative estimate of drug-likeness (QED) is 0.116. The Labute approximate surface area is 288 Å². The first-order valence-electron chi connectivity index (χ1n) is 16.7. The van der Waals surface area contributed by atoms with Gasteiger partial charge in [-0.15, -0.1) is 0 Å². The smallest absolute Gasteiger partial charge is 0.251 e. The lowest BCUT2D eigenvalue weighted by Crippen LogP contribution is -2.44. The minimum absolute atomic E-state index is 0.00182. The maximum absolute atomic E-state index is 14.4. The number of alkyl halides is 1. The van der Waals surface area contributed by atoms with Gasteiger partial charge in [-0.3, -0.25) is 19.6 Å². The van der Waals surface area contributed by atoms with Crippen LogP contribution < -0.4 is 26.3 Å². The summed E-state index contributed by atoms with van der Waals surface area (Å²) in [6, 6.07) is 6.47. The molecular weight excluding hydrogens is 651 g/mol. The number of hydrogen-bond donors (Lipinski definition) is 4. The standard InChI is InChI=1S/C36H40ClFN6O5/c1-18(2)29-27(37)23(8-11-41-29)30-31-24(34(3,17-48-31)33(40)46)14-26(44-30)36(47,21-4-5-21)16-42-32(45)19-12-20(15-43-35(38)9-10-35)28(39)25(13-19)49-22-6-7-22/h8,11-15,18,21-22,47H,4-7,9-10,16-17,39H2,1-3H3,(H2,40,46)(H,42,45)/b43-15+/t34-,36+/m0/s1. The Kier molecular flexibility index (Phi) is 8.10. The van der Waals surface area contributed by atoms with E-state index in [2.05, 4.69) is 15.3 Å². The maximum atomic E-state index is 14.4. The molecule has 4 aliphatic rings. The molecule has 7 rings (SSSR count). The molecule has 1 aromatic carbocycles. The van der Waals surface area contributed by atoms with Gasteiger partial charge >= 0.3 is 0 Å². The van der Waals surface area contributed by atoms with Crippen LogP contribution in [0.2, 0.25) is 5.02 Å². The number of benzene rings is 1. The molecule has 13 heteroatoms. The third-order valence-corrected chi connectivity index (χ3v) is 10.3. The molecule has 1 aliphatic heterocycles. The summed E-state index contributed by atoms with van der Waals surface area (Å²) in [5, 5.41) is 15.7. The van der Waals surface area contributed by atoms with Crippen LogP contribution >= 0.6 is 11.6 Å².